The fourth-order valence-electron chi connectivity index (χ4n) is 2.15. The van der Waals surface area contributed by atoms with Crippen LogP contribution in [0.4, 0.5) is 5.82 Å². The second kappa shape index (κ2) is 6.28. The van der Waals surface area contributed by atoms with E-state index in [-0.39, 0.29) is 10.7 Å². The SMILES string of the molecule is COc1ccc(S(=O)(=O)Nc2cc(-n3cccn3)ncn2)cc1C. The van der Waals surface area contributed by atoms with E-state index in [4.69, 9.17) is 4.74 Å². The molecule has 2 heterocycles. The zero-order valence-electron chi connectivity index (χ0n) is 13.0. The van der Waals surface area contributed by atoms with Crippen molar-refractivity contribution in [3.63, 3.8) is 0 Å². The van der Waals surface area contributed by atoms with Gasteiger partial charge in [-0.05, 0) is 36.8 Å². The van der Waals surface area contributed by atoms with Gasteiger partial charge in [0.25, 0.3) is 10.0 Å². The lowest BCUT2D eigenvalue weighted by atomic mass is 10.2. The Labute approximate surface area is 139 Å². The highest BCUT2D eigenvalue weighted by Gasteiger charge is 2.17. The molecule has 0 radical (unpaired) electrons. The highest BCUT2D eigenvalue weighted by molar-refractivity contribution is 7.92. The molecule has 0 unspecified atom stereocenters. The second-order valence-electron chi connectivity index (χ2n) is 4.95. The van der Waals surface area contributed by atoms with E-state index >= 15 is 0 Å². The predicted octanol–water partition coefficient (Wildman–Crippen LogP) is 1.78. The normalized spacial score (nSPS) is 11.2. The number of benzene rings is 1. The van der Waals surface area contributed by atoms with Gasteiger partial charge in [-0.1, -0.05) is 0 Å². The molecule has 0 fully saturated rings. The smallest absolute Gasteiger partial charge is 0.263 e. The van der Waals surface area contributed by atoms with Gasteiger partial charge in [-0.25, -0.2) is 23.1 Å². The number of aromatic nitrogens is 4. The zero-order chi connectivity index (χ0) is 17.2. The summed E-state index contributed by atoms with van der Waals surface area (Å²) in [5, 5.41) is 4.05. The second-order valence-corrected chi connectivity index (χ2v) is 6.63. The van der Waals surface area contributed by atoms with Crippen molar-refractivity contribution in [3.05, 3.63) is 54.6 Å². The molecule has 0 amide bonds. The molecular weight excluding hydrogens is 330 g/mol. The first-order valence-corrected chi connectivity index (χ1v) is 8.47. The highest BCUT2D eigenvalue weighted by Crippen LogP contribution is 2.22. The van der Waals surface area contributed by atoms with Crippen molar-refractivity contribution < 1.29 is 13.2 Å². The lowest BCUT2D eigenvalue weighted by Gasteiger charge is -2.10. The van der Waals surface area contributed by atoms with Gasteiger partial charge in [0, 0.05) is 18.5 Å². The van der Waals surface area contributed by atoms with Crippen molar-refractivity contribution in [2.24, 2.45) is 0 Å². The van der Waals surface area contributed by atoms with E-state index in [9.17, 15) is 8.42 Å². The Morgan fingerprint density at radius 3 is 2.71 bits per heavy atom. The molecule has 3 aromatic rings. The number of nitrogens with zero attached hydrogens (tertiary/aromatic N) is 4. The average Bonchev–Trinajstić information content (AvgIpc) is 3.09. The molecule has 0 aliphatic rings. The van der Waals surface area contributed by atoms with Gasteiger partial charge in [-0.15, -0.1) is 0 Å². The maximum Gasteiger partial charge on any atom is 0.263 e. The minimum atomic E-state index is -3.77. The summed E-state index contributed by atoms with van der Waals surface area (Å²) in [6, 6.07) is 7.87. The van der Waals surface area contributed by atoms with Crippen LogP contribution in [0.15, 0.2) is 53.9 Å². The van der Waals surface area contributed by atoms with Crippen molar-refractivity contribution in [2.75, 3.05) is 11.8 Å². The summed E-state index contributed by atoms with van der Waals surface area (Å²) in [5.74, 6) is 1.24. The van der Waals surface area contributed by atoms with Gasteiger partial charge >= 0.3 is 0 Å². The summed E-state index contributed by atoms with van der Waals surface area (Å²) in [6.07, 6.45) is 4.58. The monoisotopic (exact) mass is 345 g/mol. The van der Waals surface area contributed by atoms with Gasteiger partial charge in [0.1, 0.15) is 17.9 Å². The molecule has 2 aromatic heterocycles. The van der Waals surface area contributed by atoms with Gasteiger partial charge in [0.05, 0.1) is 12.0 Å². The van der Waals surface area contributed by atoms with Crippen LogP contribution in [0.5, 0.6) is 5.75 Å². The Bertz CT molecular complexity index is 955. The van der Waals surface area contributed by atoms with Crippen LogP contribution in [0.3, 0.4) is 0 Å². The van der Waals surface area contributed by atoms with Gasteiger partial charge in [0.2, 0.25) is 0 Å². The molecule has 0 bridgehead atoms. The number of nitrogens with one attached hydrogen (secondary N) is 1. The largest absolute Gasteiger partial charge is 0.496 e. The lowest BCUT2D eigenvalue weighted by Crippen LogP contribution is -2.15. The van der Waals surface area contributed by atoms with E-state index in [0.717, 1.165) is 5.56 Å². The number of anilines is 1. The Balaban J connectivity index is 1.90. The van der Waals surface area contributed by atoms with Crippen LogP contribution in [0.1, 0.15) is 5.56 Å². The van der Waals surface area contributed by atoms with Gasteiger partial charge in [-0.3, -0.25) is 4.72 Å². The number of ether oxygens (including phenoxy) is 1. The third kappa shape index (κ3) is 3.20. The van der Waals surface area contributed by atoms with Crippen LogP contribution < -0.4 is 9.46 Å². The number of aryl methyl sites for hydroxylation is 1. The lowest BCUT2D eigenvalue weighted by molar-refractivity contribution is 0.411. The number of rotatable bonds is 5. The minimum absolute atomic E-state index is 0.125. The number of sulfonamides is 1. The quantitative estimate of drug-likeness (QED) is 0.757. The Kier molecular flexibility index (Phi) is 4.17. The van der Waals surface area contributed by atoms with Crippen LogP contribution in [-0.2, 0) is 10.0 Å². The molecule has 24 heavy (non-hydrogen) atoms. The topological polar surface area (TPSA) is 99.0 Å². The third-order valence-electron chi connectivity index (χ3n) is 3.31. The molecule has 0 spiro atoms. The predicted molar refractivity (Wildman–Crippen MR) is 87.7 cm³/mol. The molecule has 8 nitrogen and oxygen atoms in total. The van der Waals surface area contributed by atoms with Crippen molar-refractivity contribution in [2.45, 2.75) is 11.8 Å². The molecule has 124 valence electrons. The summed E-state index contributed by atoms with van der Waals surface area (Å²) < 4.78 is 34.1. The average molecular weight is 345 g/mol. The molecular formula is C15H15N5O3S. The van der Waals surface area contributed by atoms with Gasteiger partial charge < -0.3 is 4.74 Å². The van der Waals surface area contributed by atoms with Crippen LogP contribution in [-0.4, -0.2) is 35.3 Å². The fraction of sp³-hybridized carbons (Fsp3) is 0.133. The van der Waals surface area contributed by atoms with E-state index in [1.165, 1.54) is 36.3 Å². The van der Waals surface area contributed by atoms with Crippen molar-refractivity contribution in [1.82, 2.24) is 19.7 Å². The molecule has 0 saturated carbocycles. The van der Waals surface area contributed by atoms with E-state index in [1.54, 1.807) is 31.5 Å². The maximum absolute atomic E-state index is 12.5. The molecule has 0 saturated heterocycles. The Morgan fingerprint density at radius 2 is 2.04 bits per heavy atom. The van der Waals surface area contributed by atoms with Crippen LogP contribution in [0.2, 0.25) is 0 Å². The molecule has 9 heteroatoms. The zero-order valence-corrected chi connectivity index (χ0v) is 13.9. The van der Waals surface area contributed by atoms with E-state index in [1.807, 2.05) is 0 Å². The van der Waals surface area contributed by atoms with E-state index in [0.29, 0.717) is 11.6 Å². The summed E-state index contributed by atoms with van der Waals surface area (Å²) >= 11 is 0. The van der Waals surface area contributed by atoms with Crippen LogP contribution >= 0.6 is 0 Å². The summed E-state index contributed by atoms with van der Waals surface area (Å²) in [7, 11) is -2.24. The maximum atomic E-state index is 12.5. The van der Waals surface area contributed by atoms with E-state index in [2.05, 4.69) is 19.8 Å². The number of hydrogen-bond donors (Lipinski definition) is 1. The van der Waals surface area contributed by atoms with Crippen molar-refractivity contribution in [1.29, 1.82) is 0 Å². The van der Waals surface area contributed by atoms with Crippen LogP contribution in [0.25, 0.3) is 5.82 Å². The first kappa shape index (κ1) is 15.9. The molecule has 3 rings (SSSR count). The summed E-state index contributed by atoms with van der Waals surface area (Å²) in [5.41, 5.74) is 0.722. The first-order chi connectivity index (χ1) is 11.5. The third-order valence-corrected chi connectivity index (χ3v) is 4.66. The Morgan fingerprint density at radius 1 is 1.21 bits per heavy atom. The van der Waals surface area contributed by atoms with Gasteiger partial charge in [0.15, 0.2) is 5.82 Å². The highest BCUT2D eigenvalue weighted by atomic mass is 32.2. The molecule has 0 aliphatic heterocycles. The van der Waals surface area contributed by atoms with Gasteiger partial charge in [-0.2, -0.15) is 5.10 Å². The Hall–Kier alpha value is -2.94. The van der Waals surface area contributed by atoms with Crippen molar-refractivity contribution >= 4 is 15.8 Å². The molecule has 0 atom stereocenters. The molecule has 0 aliphatic carbocycles. The van der Waals surface area contributed by atoms with Crippen molar-refractivity contribution in [3.8, 4) is 11.6 Å². The summed E-state index contributed by atoms with van der Waals surface area (Å²) in [4.78, 5) is 8.13. The summed E-state index contributed by atoms with van der Waals surface area (Å²) in [6.45, 7) is 1.78. The molecule has 1 N–H and O–H groups in total. The standard InChI is InChI=1S/C15H15N5O3S/c1-11-8-12(4-5-13(11)23-2)24(21,22)19-14-9-15(17-10-16-14)20-7-3-6-18-20/h3-10H,1-2H3,(H,16,17,19). The number of hydrogen-bond acceptors (Lipinski definition) is 6. The number of methoxy groups -OCH3 is 1. The first-order valence-electron chi connectivity index (χ1n) is 6.99. The molecule has 1 aromatic carbocycles. The van der Waals surface area contributed by atoms with E-state index < -0.39 is 10.0 Å². The fourth-order valence-corrected chi connectivity index (χ4v) is 3.23. The minimum Gasteiger partial charge on any atom is -0.496 e. The van der Waals surface area contributed by atoms with Crippen LogP contribution in [0, 0.1) is 6.92 Å².